The molecule has 5 fully saturated rings. The van der Waals surface area contributed by atoms with E-state index in [1.807, 2.05) is 0 Å². The Hall–Kier alpha value is -1.76. The van der Waals surface area contributed by atoms with E-state index < -0.39 is 58.3 Å². The zero-order chi connectivity index (χ0) is 22.8. The van der Waals surface area contributed by atoms with Crippen molar-refractivity contribution in [1.29, 1.82) is 0 Å². The Kier molecular flexibility index (Phi) is 5.46. The molecule has 5 aliphatic rings. The molecule has 2 saturated heterocycles. The first-order valence-corrected chi connectivity index (χ1v) is 12.5. The van der Waals surface area contributed by atoms with Crippen molar-refractivity contribution in [1.82, 2.24) is 0 Å². The van der Waals surface area contributed by atoms with E-state index in [0.29, 0.717) is 12.8 Å². The fraction of sp³-hybridized carbons (Fsp3) is 0.850. The van der Waals surface area contributed by atoms with Gasteiger partial charge >= 0.3 is 17.9 Å². The molecule has 5 rings (SSSR count). The average Bonchev–Trinajstić information content (AvgIpc) is 3.48. The Labute approximate surface area is 184 Å². The van der Waals surface area contributed by atoms with E-state index in [0.717, 1.165) is 19.3 Å². The number of fused-ring (bicyclic) bond motifs is 2. The van der Waals surface area contributed by atoms with E-state index in [1.54, 1.807) is 0 Å². The van der Waals surface area contributed by atoms with Crippen LogP contribution in [0.2, 0.25) is 0 Å². The fourth-order valence-corrected chi connectivity index (χ4v) is 6.99. The van der Waals surface area contributed by atoms with Crippen LogP contribution >= 0.6 is 0 Å². The monoisotopic (exact) mass is 474 g/mol. The zero-order valence-corrected chi connectivity index (χ0v) is 18.0. The van der Waals surface area contributed by atoms with Gasteiger partial charge in [-0.15, -0.1) is 0 Å². The molecule has 0 radical (unpaired) electrons. The maximum absolute atomic E-state index is 12.6. The van der Waals surface area contributed by atoms with Crippen LogP contribution in [0.3, 0.4) is 0 Å². The van der Waals surface area contributed by atoms with Crippen LogP contribution in [0.25, 0.3) is 0 Å². The van der Waals surface area contributed by atoms with Crippen molar-refractivity contribution in [2.75, 3.05) is 6.61 Å². The highest BCUT2D eigenvalue weighted by Gasteiger charge is 2.63. The number of hydrogen-bond donors (Lipinski definition) is 2. The SMILES string of the molecule is O=C(CC(C(=O)OC1C2CC3C(=O)OC1C3C2)S(=O)(=O)O)OCC1O[C@H](O)C2CCCC12. The minimum Gasteiger partial charge on any atom is -0.463 e. The van der Waals surface area contributed by atoms with Gasteiger partial charge in [0.25, 0.3) is 10.1 Å². The van der Waals surface area contributed by atoms with Crippen LogP contribution < -0.4 is 0 Å². The van der Waals surface area contributed by atoms with Gasteiger partial charge < -0.3 is 24.1 Å². The van der Waals surface area contributed by atoms with Crippen molar-refractivity contribution in [3.63, 3.8) is 0 Å². The van der Waals surface area contributed by atoms with Gasteiger partial charge in [-0.25, -0.2) is 0 Å². The van der Waals surface area contributed by atoms with E-state index in [9.17, 15) is 32.5 Å². The average molecular weight is 474 g/mol. The van der Waals surface area contributed by atoms with Gasteiger partial charge in [0.2, 0.25) is 0 Å². The molecule has 0 aromatic carbocycles. The molecule has 9 unspecified atom stereocenters. The molecule has 32 heavy (non-hydrogen) atoms. The summed E-state index contributed by atoms with van der Waals surface area (Å²) in [4.78, 5) is 36.7. The van der Waals surface area contributed by atoms with E-state index >= 15 is 0 Å². The van der Waals surface area contributed by atoms with E-state index in [2.05, 4.69) is 0 Å². The lowest BCUT2D eigenvalue weighted by atomic mass is 9.88. The maximum atomic E-state index is 12.6. The summed E-state index contributed by atoms with van der Waals surface area (Å²) >= 11 is 0. The summed E-state index contributed by atoms with van der Waals surface area (Å²) in [5.41, 5.74) is 0. The van der Waals surface area contributed by atoms with Crippen molar-refractivity contribution in [3.05, 3.63) is 0 Å². The largest absolute Gasteiger partial charge is 0.463 e. The lowest BCUT2D eigenvalue weighted by Crippen LogP contribution is -2.42. The van der Waals surface area contributed by atoms with Crippen molar-refractivity contribution in [2.45, 2.75) is 68.4 Å². The first kappa shape index (κ1) is 22.1. The minimum absolute atomic E-state index is 0.00900. The van der Waals surface area contributed by atoms with Gasteiger partial charge in [-0.05, 0) is 31.6 Å². The molecule has 0 spiro atoms. The first-order chi connectivity index (χ1) is 15.1. The van der Waals surface area contributed by atoms with Gasteiger partial charge in [-0.3, -0.25) is 18.9 Å². The molecule has 12 heteroatoms. The number of esters is 3. The molecule has 11 nitrogen and oxygen atoms in total. The second-order valence-corrected chi connectivity index (χ2v) is 11.1. The molecule has 2 aliphatic heterocycles. The second kappa shape index (κ2) is 7.93. The number of aliphatic hydroxyl groups excluding tert-OH is 1. The molecule has 178 valence electrons. The quantitative estimate of drug-likeness (QED) is 0.285. The third-order valence-corrected chi connectivity index (χ3v) is 8.91. The summed E-state index contributed by atoms with van der Waals surface area (Å²) in [6.07, 6.45) is 0.00443. The number of rotatable bonds is 7. The van der Waals surface area contributed by atoms with Crippen molar-refractivity contribution in [2.24, 2.45) is 29.6 Å². The van der Waals surface area contributed by atoms with Crippen LogP contribution in [-0.4, -0.2) is 72.4 Å². The molecule has 0 amide bonds. The molecule has 2 bridgehead atoms. The van der Waals surface area contributed by atoms with Gasteiger partial charge in [0.1, 0.15) is 18.8 Å². The van der Waals surface area contributed by atoms with Crippen LogP contribution in [0.5, 0.6) is 0 Å². The Morgan fingerprint density at radius 3 is 2.66 bits per heavy atom. The standard InChI is InChI=1S/C20H26O11S/c21-15(28-7-13-9-2-1-3-10(9)18(22)29-13)6-14(32(25,26)27)20(24)30-16-8-4-11-12(5-8)19(23)31-17(11)16/h8-14,16-18,22H,1-7H2,(H,25,26,27)/t8?,9?,10?,11?,12?,13?,14?,16?,17?,18-/m0/s1. The third-order valence-electron chi connectivity index (χ3n) is 7.83. The molecular formula is C20H26O11S. The van der Waals surface area contributed by atoms with E-state index in [4.69, 9.17) is 18.9 Å². The predicted molar refractivity (Wildman–Crippen MR) is 102 cm³/mol. The zero-order valence-electron chi connectivity index (χ0n) is 17.2. The van der Waals surface area contributed by atoms with Crippen LogP contribution in [0, 0.1) is 29.6 Å². The molecular weight excluding hydrogens is 448 g/mol. The minimum atomic E-state index is -4.95. The van der Waals surface area contributed by atoms with Crippen molar-refractivity contribution in [3.8, 4) is 0 Å². The van der Waals surface area contributed by atoms with Crippen molar-refractivity contribution < 1.29 is 51.4 Å². The summed E-state index contributed by atoms with van der Waals surface area (Å²) in [6.45, 7) is -0.184. The Morgan fingerprint density at radius 1 is 1.16 bits per heavy atom. The molecule has 2 heterocycles. The summed E-state index contributed by atoms with van der Waals surface area (Å²) in [7, 11) is -4.95. The van der Waals surface area contributed by atoms with Gasteiger partial charge in [0, 0.05) is 17.8 Å². The van der Waals surface area contributed by atoms with Gasteiger partial charge in [0.05, 0.1) is 18.4 Å². The highest BCUT2D eigenvalue weighted by atomic mass is 32.2. The Balaban J connectivity index is 1.18. The van der Waals surface area contributed by atoms with Crippen LogP contribution in [0.1, 0.15) is 38.5 Å². The predicted octanol–water partition coefficient (Wildman–Crippen LogP) is -0.197. The number of aliphatic hydroxyl groups is 1. The molecule has 3 aliphatic carbocycles. The Bertz CT molecular complexity index is 917. The van der Waals surface area contributed by atoms with Crippen LogP contribution in [0.4, 0.5) is 0 Å². The lowest BCUT2D eigenvalue weighted by molar-refractivity contribution is -0.164. The molecule has 0 aromatic heterocycles. The first-order valence-electron chi connectivity index (χ1n) is 11.0. The van der Waals surface area contributed by atoms with E-state index in [-0.39, 0.29) is 42.2 Å². The lowest BCUT2D eigenvalue weighted by Gasteiger charge is -2.26. The molecule has 2 N–H and O–H groups in total. The van der Waals surface area contributed by atoms with Crippen molar-refractivity contribution >= 4 is 28.0 Å². The van der Waals surface area contributed by atoms with Crippen LogP contribution in [0.15, 0.2) is 0 Å². The molecule has 10 atom stereocenters. The smallest absolute Gasteiger partial charge is 0.327 e. The highest BCUT2D eigenvalue weighted by Crippen LogP contribution is 2.55. The van der Waals surface area contributed by atoms with Gasteiger partial charge in [-0.2, -0.15) is 8.42 Å². The summed E-state index contributed by atoms with van der Waals surface area (Å²) < 4.78 is 54.3. The highest BCUT2D eigenvalue weighted by molar-refractivity contribution is 7.87. The normalized spacial score (nSPS) is 42.6. The maximum Gasteiger partial charge on any atom is 0.327 e. The fourth-order valence-electron chi connectivity index (χ4n) is 6.35. The number of ether oxygens (including phenoxy) is 4. The molecule has 0 aromatic rings. The topological polar surface area (TPSA) is 163 Å². The molecule has 3 saturated carbocycles. The number of carbonyl (C=O) groups is 3. The summed E-state index contributed by atoms with van der Waals surface area (Å²) in [5, 5.41) is 7.79. The van der Waals surface area contributed by atoms with Crippen LogP contribution in [-0.2, 0) is 43.4 Å². The third kappa shape index (κ3) is 3.70. The summed E-state index contributed by atoms with van der Waals surface area (Å²) in [6, 6.07) is 0. The summed E-state index contributed by atoms with van der Waals surface area (Å²) in [5.74, 6) is -2.96. The second-order valence-electron chi connectivity index (χ2n) is 9.52. The van der Waals surface area contributed by atoms with Gasteiger partial charge in [-0.1, -0.05) is 6.42 Å². The Morgan fingerprint density at radius 2 is 1.91 bits per heavy atom. The number of hydrogen-bond acceptors (Lipinski definition) is 10. The number of carbonyl (C=O) groups excluding carboxylic acids is 3. The van der Waals surface area contributed by atoms with E-state index in [1.165, 1.54) is 0 Å². The van der Waals surface area contributed by atoms with Gasteiger partial charge in [0.15, 0.2) is 11.5 Å².